The number of nitrogens with one attached hydrogen (secondary N) is 1. The monoisotopic (exact) mass is 334 g/mol. The molecule has 2 N–H and O–H groups in total. The average molecular weight is 334 g/mol. The van der Waals surface area contributed by atoms with E-state index in [4.69, 9.17) is 0 Å². The number of carboxylic acid groups (broad SMARTS) is 1. The number of allylic oxidation sites excluding steroid dienone is 3. The molecule has 0 aromatic heterocycles. The number of carboxylic acids is 1. The summed E-state index contributed by atoms with van der Waals surface area (Å²) in [5.41, 5.74) is 1.97. The lowest BCUT2D eigenvalue weighted by Crippen LogP contribution is -2.27. The van der Waals surface area contributed by atoms with Gasteiger partial charge >= 0.3 is 5.97 Å². The number of nitro groups is 1. The number of nitro benzene ring substituents is 1. The fourth-order valence-corrected chi connectivity index (χ4v) is 4.57. The van der Waals surface area contributed by atoms with Gasteiger partial charge in [0.2, 0.25) is 0 Å². The van der Waals surface area contributed by atoms with E-state index in [1.165, 1.54) is 6.07 Å². The van der Waals surface area contributed by atoms with Gasteiger partial charge in [-0.2, -0.15) is 0 Å². The van der Waals surface area contributed by atoms with Crippen molar-refractivity contribution in [2.24, 2.45) is 0 Å². The maximum Gasteiger partial charge on any atom is 0.334 e. The summed E-state index contributed by atoms with van der Waals surface area (Å²) in [7, 11) is -0.626. The Morgan fingerprint density at radius 3 is 2.39 bits per heavy atom. The van der Waals surface area contributed by atoms with Crippen LogP contribution in [0.15, 0.2) is 46.5 Å². The van der Waals surface area contributed by atoms with E-state index in [9.17, 15) is 20.0 Å². The van der Waals surface area contributed by atoms with Gasteiger partial charge in [0, 0.05) is 23.0 Å². The second-order valence-corrected chi connectivity index (χ2v) is 7.89. The molecule has 1 atom stereocenters. The van der Waals surface area contributed by atoms with Gasteiger partial charge in [0.05, 0.1) is 16.4 Å². The molecule has 0 saturated heterocycles. The first-order chi connectivity index (χ1) is 10.8. The van der Waals surface area contributed by atoms with Gasteiger partial charge in [-0.3, -0.25) is 10.1 Å². The number of carbonyl (C=O) groups is 1. The van der Waals surface area contributed by atoms with Crippen molar-refractivity contribution < 1.29 is 14.8 Å². The van der Waals surface area contributed by atoms with Crippen molar-refractivity contribution in [1.82, 2.24) is 5.32 Å². The molecular weight excluding hydrogens is 315 g/mol. The first kappa shape index (κ1) is 17.2. The maximum atomic E-state index is 11.8. The van der Waals surface area contributed by atoms with E-state index in [0.717, 1.165) is 11.0 Å². The SMILES string of the molecule is CC1=C(C(=O)O)C(c2ccccc2[N+](=O)[O-])C(P(C)C)=C(C)N1. The molecule has 1 aliphatic heterocycles. The van der Waals surface area contributed by atoms with Crippen LogP contribution >= 0.6 is 7.92 Å². The summed E-state index contributed by atoms with van der Waals surface area (Å²) in [6.45, 7) is 7.64. The lowest BCUT2D eigenvalue weighted by molar-refractivity contribution is -0.385. The van der Waals surface area contributed by atoms with E-state index in [1.54, 1.807) is 25.1 Å². The Hall–Kier alpha value is -2.20. The van der Waals surface area contributed by atoms with Crippen molar-refractivity contribution in [3.63, 3.8) is 0 Å². The van der Waals surface area contributed by atoms with Crippen LogP contribution in [0.5, 0.6) is 0 Å². The van der Waals surface area contributed by atoms with Crippen molar-refractivity contribution >= 4 is 19.6 Å². The standard InChI is InChI=1S/C16H19N2O4P/c1-9-13(16(19)20)14(15(23(3)4)10(2)17-9)11-7-5-6-8-12(11)18(21)22/h5-8,14,17H,1-4H3,(H,19,20). The number of hydrogen-bond donors (Lipinski definition) is 2. The zero-order valence-corrected chi connectivity index (χ0v) is 14.3. The molecule has 1 unspecified atom stereocenters. The van der Waals surface area contributed by atoms with Crippen LogP contribution < -0.4 is 5.32 Å². The minimum atomic E-state index is -1.06. The molecule has 0 amide bonds. The molecule has 1 heterocycles. The summed E-state index contributed by atoms with van der Waals surface area (Å²) >= 11 is 0. The molecule has 2 rings (SSSR count). The van der Waals surface area contributed by atoms with Crippen molar-refractivity contribution in [1.29, 1.82) is 0 Å². The molecule has 0 radical (unpaired) electrons. The van der Waals surface area contributed by atoms with Crippen LogP contribution in [0.4, 0.5) is 5.69 Å². The molecule has 0 saturated carbocycles. The van der Waals surface area contributed by atoms with Gasteiger partial charge in [-0.15, -0.1) is 0 Å². The Morgan fingerprint density at radius 1 is 1.26 bits per heavy atom. The summed E-state index contributed by atoms with van der Waals surface area (Å²) < 4.78 is 0. The van der Waals surface area contributed by atoms with E-state index in [1.807, 2.05) is 20.3 Å². The smallest absolute Gasteiger partial charge is 0.334 e. The number of hydrogen-bond acceptors (Lipinski definition) is 4. The fraction of sp³-hybridized carbons (Fsp3) is 0.312. The molecule has 1 aromatic rings. The summed E-state index contributed by atoms with van der Waals surface area (Å²) in [4.78, 5) is 22.8. The molecule has 0 bridgehead atoms. The minimum absolute atomic E-state index is 0.0481. The van der Waals surface area contributed by atoms with Crippen LogP contribution in [0.2, 0.25) is 0 Å². The van der Waals surface area contributed by atoms with E-state index in [-0.39, 0.29) is 11.3 Å². The van der Waals surface area contributed by atoms with Crippen LogP contribution in [0.25, 0.3) is 0 Å². The highest BCUT2D eigenvalue weighted by atomic mass is 31.1. The molecule has 23 heavy (non-hydrogen) atoms. The second kappa shape index (κ2) is 6.50. The van der Waals surface area contributed by atoms with Crippen LogP contribution in [0.3, 0.4) is 0 Å². The van der Waals surface area contributed by atoms with Crippen LogP contribution in [0.1, 0.15) is 25.3 Å². The van der Waals surface area contributed by atoms with E-state index in [0.29, 0.717) is 11.3 Å². The first-order valence-electron chi connectivity index (χ1n) is 7.08. The molecule has 122 valence electrons. The molecule has 7 heteroatoms. The second-order valence-electron chi connectivity index (χ2n) is 5.62. The number of nitrogens with zero attached hydrogens (tertiary/aromatic N) is 1. The molecule has 1 aliphatic rings. The van der Waals surface area contributed by atoms with Gasteiger partial charge in [-0.25, -0.2) is 4.79 Å². The molecule has 6 nitrogen and oxygen atoms in total. The van der Waals surface area contributed by atoms with E-state index in [2.05, 4.69) is 5.32 Å². The lowest BCUT2D eigenvalue weighted by atomic mass is 9.85. The third-order valence-corrected chi connectivity index (χ3v) is 5.44. The zero-order valence-electron chi connectivity index (χ0n) is 13.5. The van der Waals surface area contributed by atoms with E-state index >= 15 is 0 Å². The van der Waals surface area contributed by atoms with Gasteiger partial charge in [0.1, 0.15) is 0 Å². The minimum Gasteiger partial charge on any atom is -0.478 e. The normalized spacial score (nSPS) is 18.2. The van der Waals surface area contributed by atoms with Crippen LogP contribution in [-0.4, -0.2) is 29.3 Å². The quantitative estimate of drug-likeness (QED) is 0.498. The number of rotatable bonds is 4. The summed E-state index contributed by atoms with van der Waals surface area (Å²) in [5.74, 6) is -1.66. The third-order valence-electron chi connectivity index (χ3n) is 3.88. The van der Waals surface area contributed by atoms with Crippen molar-refractivity contribution in [2.75, 3.05) is 13.3 Å². The molecule has 1 aromatic carbocycles. The lowest BCUT2D eigenvalue weighted by Gasteiger charge is -2.32. The molecule has 0 aliphatic carbocycles. The maximum absolute atomic E-state index is 11.8. The number of para-hydroxylation sites is 1. The Labute approximate surface area is 135 Å². The Kier molecular flexibility index (Phi) is 4.85. The highest BCUT2D eigenvalue weighted by Crippen LogP contribution is 2.53. The molecule has 0 fully saturated rings. The Morgan fingerprint density at radius 2 is 1.87 bits per heavy atom. The van der Waals surface area contributed by atoms with Gasteiger partial charge < -0.3 is 10.4 Å². The fourth-order valence-electron chi connectivity index (χ4n) is 3.06. The summed E-state index contributed by atoms with van der Waals surface area (Å²) in [6, 6.07) is 6.37. The molecular formula is C16H19N2O4P. The Balaban J connectivity index is 2.78. The third kappa shape index (κ3) is 3.13. The van der Waals surface area contributed by atoms with Crippen molar-refractivity contribution in [3.8, 4) is 0 Å². The summed E-state index contributed by atoms with van der Waals surface area (Å²) in [5, 5.41) is 25.1. The largest absolute Gasteiger partial charge is 0.478 e. The van der Waals surface area contributed by atoms with Gasteiger partial charge in [-0.1, -0.05) is 26.1 Å². The first-order valence-corrected chi connectivity index (χ1v) is 9.31. The average Bonchev–Trinajstić information content (AvgIpc) is 2.45. The Bertz CT molecular complexity index is 737. The van der Waals surface area contributed by atoms with Gasteiger partial charge in [0.25, 0.3) is 5.69 Å². The summed E-state index contributed by atoms with van der Waals surface area (Å²) in [6.07, 6.45) is 0. The zero-order chi connectivity index (χ0) is 17.3. The van der Waals surface area contributed by atoms with Crippen LogP contribution in [0, 0.1) is 10.1 Å². The van der Waals surface area contributed by atoms with Gasteiger partial charge in [-0.05, 0) is 32.5 Å². The van der Waals surface area contributed by atoms with Crippen LogP contribution in [-0.2, 0) is 4.79 Å². The predicted molar refractivity (Wildman–Crippen MR) is 90.8 cm³/mol. The number of aliphatic carboxylic acids is 1. The van der Waals surface area contributed by atoms with E-state index < -0.39 is 24.7 Å². The number of benzene rings is 1. The van der Waals surface area contributed by atoms with Gasteiger partial charge in [0.15, 0.2) is 0 Å². The van der Waals surface area contributed by atoms with Crippen molar-refractivity contribution in [3.05, 3.63) is 62.2 Å². The topological polar surface area (TPSA) is 92.5 Å². The molecule has 0 spiro atoms. The van der Waals surface area contributed by atoms with Crippen molar-refractivity contribution in [2.45, 2.75) is 19.8 Å². The highest BCUT2D eigenvalue weighted by molar-refractivity contribution is 7.60. The predicted octanol–water partition coefficient (Wildman–Crippen LogP) is 3.61. The number of dihydropyridines is 1. The highest BCUT2D eigenvalue weighted by Gasteiger charge is 2.37.